The molecule has 0 spiro atoms. The van der Waals surface area contributed by atoms with E-state index in [1.165, 1.54) is 37.7 Å². The third kappa shape index (κ3) is 3.58. The lowest BCUT2D eigenvalue weighted by Gasteiger charge is -2.56. The zero-order valence-electron chi connectivity index (χ0n) is 20.4. The largest absolute Gasteiger partial charge is 0.389 e. The molecule has 0 aliphatic heterocycles. The van der Waals surface area contributed by atoms with E-state index in [2.05, 4.69) is 71.9 Å². The molecule has 4 rings (SSSR count). The van der Waals surface area contributed by atoms with Crippen LogP contribution in [0.25, 0.3) is 0 Å². The highest BCUT2D eigenvalue weighted by atomic mass is 16.3. The maximum absolute atomic E-state index is 10.2. The number of hydrogen-bond acceptors (Lipinski definition) is 1. The molecule has 0 aromatic rings. The summed E-state index contributed by atoms with van der Waals surface area (Å²) in [6, 6.07) is 0. The van der Waals surface area contributed by atoms with Crippen LogP contribution in [0.3, 0.4) is 0 Å². The Morgan fingerprint density at radius 3 is 2.50 bits per heavy atom. The Morgan fingerprint density at radius 2 is 1.80 bits per heavy atom. The Bertz CT molecular complexity index is 714. The third-order valence-electron chi connectivity index (χ3n) is 10.3. The zero-order chi connectivity index (χ0) is 21.7. The number of hydrogen-bond donors (Lipinski definition) is 1. The summed E-state index contributed by atoms with van der Waals surface area (Å²) in [7, 11) is 0. The molecule has 2 fully saturated rings. The van der Waals surface area contributed by atoms with Crippen LogP contribution in [0.4, 0.5) is 0 Å². The molecule has 2 saturated carbocycles. The third-order valence-corrected chi connectivity index (χ3v) is 10.3. The van der Waals surface area contributed by atoms with Crippen molar-refractivity contribution < 1.29 is 5.11 Å². The van der Waals surface area contributed by atoms with E-state index in [9.17, 15) is 5.11 Å². The highest BCUT2D eigenvalue weighted by Crippen LogP contribution is 2.66. The van der Waals surface area contributed by atoms with Crippen LogP contribution in [0, 0.1) is 52.3 Å². The molecule has 4 aliphatic rings. The van der Waals surface area contributed by atoms with Crippen LogP contribution < -0.4 is 0 Å². The Kier molecular flexibility index (Phi) is 6.17. The van der Waals surface area contributed by atoms with E-state index in [-0.39, 0.29) is 11.5 Å². The van der Waals surface area contributed by atoms with E-state index in [1.54, 1.807) is 0 Å². The molecule has 1 nitrogen and oxygen atoms in total. The summed E-state index contributed by atoms with van der Waals surface area (Å²) in [5.74, 6) is 5.33. The maximum atomic E-state index is 10.2. The summed E-state index contributed by atoms with van der Waals surface area (Å²) in [6.45, 7) is 14.7. The summed E-state index contributed by atoms with van der Waals surface area (Å²) < 4.78 is 0. The van der Waals surface area contributed by atoms with Crippen molar-refractivity contribution in [3.63, 3.8) is 0 Å². The minimum Gasteiger partial charge on any atom is -0.389 e. The standard InChI is InChI=1S/C29H46O/c1-7-21(19(2)3)9-8-20(4)25-12-13-26-24-11-10-22-18-23(30)14-16-28(22,5)27(24)15-17-29(25,26)6/h8-11,18-21,23-27,30H,7,12-17H2,1-6H3/b9-8+/t20-,21-,23?,24+,25-,26+,27+,28+,29-/m1/s1. The lowest BCUT2D eigenvalue weighted by atomic mass is 9.48. The SMILES string of the molecule is CC[C@H](/C=C/[C@@H](C)[C@H]1CC[C@H]2[C@@H]3C=CC4=CC(O)CC[C@]4(C)[C@H]3CC[C@]12C)C(C)C. The number of rotatable bonds is 5. The molecule has 0 aromatic carbocycles. The van der Waals surface area contributed by atoms with Crippen LogP contribution in [0.5, 0.6) is 0 Å². The highest BCUT2D eigenvalue weighted by molar-refractivity contribution is 5.36. The first-order chi connectivity index (χ1) is 14.2. The quantitative estimate of drug-likeness (QED) is 0.463. The van der Waals surface area contributed by atoms with Crippen molar-refractivity contribution in [2.45, 2.75) is 92.6 Å². The van der Waals surface area contributed by atoms with Crippen molar-refractivity contribution in [3.05, 3.63) is 36.0 Å². The summed E-state index contributed by atoms with van der Waals surface area (Å²) in [5.41, 5.74) is 2.20. The van der Waals surface area contributed by atoms with Gasteiger partial charge in [0.1, 0.15) is 0 Å². The van der Waals surface area contributed by atoms with Crippen molar-refractivity contribution in [1.82, 2.24) is 0 Å². The second kappa shape index (κ2) is 8.27. The van der Waals surface area contributed by atoms with Crippen molar-refractivity contribution in [2.24, 2.45) is 52.3 Å². The first-order valence-corrected chi connectivity index (χ1v) is 13.0. The summed E-state index contributed by atoms with van der Waals surface area (Å²) in [5, 5.41) is 10.2. The minimum atomic E-state index is -0.232. The van der Waals surface area contributed by atoms with Crippen LogP contribution in [0.1, 0.15) is 86.5 Å². The molecular formula is C29H46O. The second-order valence-electron chi connectivity index (χ2n) is 12.1. The van der Waals surface area contributed by atoms with Gasteiger partial charge in [-0.15, -0.1) is 0 Å². The van der Waals surface area contributed by atoms with Crippen LogP contribution in [0.15, 0.2) is 36.0 Å². The molecule has 1 heteroatoms. The monoisotopic (exact) mass is 410 g/mol. The predicted octanol–water partition coefficient (Wildman–Crippen LogP) is 7.58. The van der Waals surface area contributed by atoms with E-state index in [0.29, 0.717) is 11.3 Å². The van der Waals surface area contributed by atoms with Crippen molar-refractivity contribution in [3.8, 4) is 0 Å². The molecule has 4 aliphatic carbocycles. The number of allylic oxidation sites excluding steroid dienone is 5. The molecule has 0 radical (unpaired) electrons. The van der Waals surface area contributed by atoms with Crippen molar-refractivity contribution >= 4 is 0 Å². The van der Waals surface area contributed by atoms with Gasteiger partial charge >= 0.3 is 0 Å². The first-order valence-electron chi connectivity index (χ1n) is 13.0. The minimum absolute atomic E-state index is 0.232. The van der Waals surface area contributed by atoms with E-state index < -0.39 is 0 Å². The van der Waals surface area contributed by atoms with Crippen LogP contribution in [-0.4, -0.2) is 11.2 Å². The molecule has 0 heterocycles. The molecule has 1 unspecified atom stereocenters. The number of fused-ring (bicyclic) bond motifs is 5. The number of aliphatic hydroxyl groups excluding tert-OH is 1. The van der Waals surface area contributed by atoms with Gasteiger partial charge in [-0.3, -0.25) is 0 Å². The molecular weight excluding hydrogens is 364 g/mol. The molecule has 168 valence electrons. The highest BCUT2D eigenvalue weighted by Gasteiger charge is 2.58. The fourth-order valence-corrected chi connectivity index (χ4v) is 8.33. The van der Waals surface area contributed by atoms with Crippen molar-refractivity contribution in [2.75, 3.05) is 0 Å². The average Bonchev–Trinajstić information content (AvgIpc) is 3.06. The predicted molar refractivity (Wildman–Crippen MR) is 128 cm³/mol. The maximum Gasteiger partial charge on any atom is 0.0727 e. The van der Waals surface area contributed by atoms with Gasteiger partial charge in [0.2, 0.25) is 0 Å². The van der Waals surface area contributed by atoms with Gasteiger partial charge in [-0.25, -0.2) is 0 Å². The van der Waals surface area contributed by atoms with Gasteiger partial charge in [-0.05, 0) is 103 Å². The lowest BCUT2D eigenvalue weighted by molar-refractivity contribution is -0.0254. The van der Waals surface area contributed by atoms with Crippen molar-refractivity contribution in [1.29, 1.82) is 0 Å². The molecule has 30 heavy (non-hydrogen) atoms. The van der Waals surface area contributed by atoms with E-state index in [4.69, 9.17) is 0 Å². The smallest absolute Gasteiger partial charge is 0.0727 e. The molecule has 1 N–H and O–H groups in total. The van der Waals surface area contributed by atoms with Gasteiger partial charge in [0.25, 0.3) is 0 Å². The summed E-state index contributed by atoms with van der Waals surface area (Å²) >= 11 is 0. The lowest BCUT2D eigenvalue weighted by Crippen LogP contribution is -2.49. The molecule has 9 atom stereocenters. The second-order valence-corrected chi connectivity index (χ2v) is 12.1. The Hall–Kier alpha value is -0.820. The van der Waals surface area contributed by atoms with Crippen LogP contribution in [0.2, 0.25) is 0 Å². The van der Waals surface area contributed by atoms with Gasteiger partial charge in [-0.2, -0.15) is 0 Å². The van der Waals surface area contributed by atoms with Gasteiger partial charge < -0.3 is 5.11 Å². The van der Waals surface area contributed by atoms with Crippen LogP contribution >= 0.6 is 0 Å². The molecule has 0 saturated heterocycles. The van der Waals surface area contributed by atoms with E-state index in [1.807, 2.05) is 0 Å². The van der Waals surface area contributed by atoms with Gasteiger partial charge in [0.05, 0.1) is 6.10 Å². The summed E-state index contributed by atoms with van der Waals surface area (Å²) in [6.07, 6.45) is 20.9. The van der Waals surface area contributed by atoms with Gasteiger partial charge in [-0.1, -0.05) is 71.9 Å². The molecule has 0 aromatic heterocycles. The normalized spacial score (nSPS) is 45.1. The number of aliphatic hydroxyl groups is 1. The molecule has 0 bridgehead atoms. The van der Waals surface area contributed by atoms with E-state index in [0.717, 1.165) is 48.3 Å². The first kappa shape index (κ1) is 22.4. The Balaban J connectivity index is 1.55. The molecule has 0 amide bonds. The fourth-order valence-electron chi connectivity index (χ4n) is 8.33. The average molecular weight is 411 g/mol. The Labute approximate surface area is 186 Å². The topological polar surface area (TPSA) is 20.2 Å². The van der Waals surface area contributed by atoms with Gasteiger partial charge in [0.15, 0.2) is 0 Å². The van der Waals surface area contributed by atoms with E-state index >= 15 is 0 Å². The summed E-state index contributed by atoms with van der Waals surface area (Å²) in [4.78, 5) is 0. The van der Waals surface area contributed by atoms with Crippen LogP contribution in [-0.2, 0) is 0 Å². The Morgan fingerprint density at radius 1 is 1.03 bits per heavy atom. The van der Waals surface area contributed by atoms with Gasteiger partial charge in [0, 0.05) is 0 Å². The zero-order valence-corrected chi connectivity index (χ0v) is 20.4. The fraction of sp³-hybridized carbons (Fsp3) is 0.793.